The van der Waals surface area contributed by atoms with E-state index in [0.29, 0.717) is 28.7 Å². The predicted octanol–water partition coefficient (Wildman–Crippen LogP) is 3.44. The maximum absolute atomic E-state index is 12.8. The molecule has 0 aliphatic carbocycles. The summed E-state index contributed by atoms with van der Waals surface area (Å²) in [6, 6.07) is 5.20. The molecular weight excluding hydrogens is 382 g/mol. The Hall–Kier alpha value is -2.87. The zero-order chi connectivity index (χ0) is 19.7. The zero-order valence-corrected chi connectivity index (χ0v) is 16.4. The van der Waals surface area contributed by atoms with Crippen LogP contribution in [-0.4, -0.2) is 41.2 Å². The normalized spacial score (nSPS) is 17.0. The maximum Gasteiger partial charge on any atom is 0.263 e. The number of hydrogen-bond acceptors (Lipinski definition) is 7. The SMILES string of the molecule is COc1ccc(NC(=O)C2CCCN(c3ncnc4onc(C)c34)C2)cc1Cl. The fraction of sp³-hybridized carbons (Fsp3) is 0.368. The van der Waals surface area contributed by atoms with Crippen molar-refractivity contribution in [2.45, 2.75) is 19.8 Å². The average molecular weight is 402 g/mol. The molecular formula is C19H20ClN5O3. The van der Waals surface area contributed by atoms with Crippen molar-refractivity contribution in [1.82, 2.24) is 15.1 Å². The second-order valence-corrected chi connectivity index (χ2v) is 7.18. The third-order valence-electron chi connectivity index (χ3n) is 4.93. The molecule has 1 aliphatic rings. The third-order valence-corrected chi connectivity index (χ3v) is 5.23. The summed E-state index contributed by atoms with van der Waals surface area (Å²) in [5.74, 6) is 1.12. The molecule has 1 saturated heterocycles. The lowest BCUT2D eigenvalue weighted by Gasteiger charge is -2.33. The van der Waals surface area contributed by atoms with Gasteiger partial charge in [0.25, 0.3) is 5.71 Å². The number of amides is 1. The number of methoxy groups -OCH3 is 1. The molecule has 8 nitrogen and oxygen atoms in total. The first kappa shape index (κ1) is 18.5. The van der Waals surface area contributed by atoms with E-state index in [2.05, 4.69) is 25.3 Å². The number of aryl methyl sites for hydroxylation is 1. The van der Waals surface area contributed by atoms with E-state index in [1.807, 2.05) is 6.92 Å². The number of nitrogens with one attached hydrogen (secondary N) is 1. The number of ether oxygens (including phenoxy) is 1. The van der Waals surface area contributed by atoms with Crippen molar-refractivity contribution in [2.75, 3.05) is 30.4 Å². The molecule has 1 unspecified atom stereocenters. The van der Waals surface area contributed by atoms with Crippen LogP contribution in [0.4, 0.5) is 11.5 Å². The molecule has 0 spiro atoms. The monoisotopic (exact) mass is 401 g/mol. The van der Waals surface area contributed by atoms with Crippen LogP contribution in [0.1, 0.15) is 18.5 Å². The van der Waals surface area contributed by atoms with Gasteiger partial charge in [0.2, 0.25) is 5.91 Å². The third kappa shape index (κ3) is 3.47. The molecule has 1 fully saturated rings. The minimum absolute atomic E-state index is 0.0433. The van der Waals surface area contributed by atoms with Gasteiger partial charge in [-0.1, -0.05) is 16.8 Å². The van der Waals surface area contributed by atoms with Gasteiger partial charge < -0.3 is 19.5 Å². The molecule has 0 bridgehead atoms. The second-order valence-electron chi connectivity index (χ2n) is 6.77. The van der Waals surface area contributed by atoms with Gasteiger partial charge in [0, 0.05) is 18.8 Å². The summed E-state index contributed by atoms with van der Waals surface area (Å²) in [6.45, 7) is 3.24. The molecule has 0 saturated carbocycles. The quantitative estimate of drug-likeness (QED) is 0.715. The summed E-state index contributed by atoms with van der Waals surface area (Å²) >= 11 is 6.15. The van der Waals surface area contributed by atoms with Crippen molar-refractivity contribution >= 4 is 40.1 Å². The molecule has 0 radical (unpaired) electrons. The number of fused-ring (bicyclic) bond motifs is 1. The molecule has 3 heterocycles. The first-order valence-electron chi connectivity index (χ1n) is 9.03. The first-order chi connectivity index (χ1) is 13.6. The number of piperidine rings is 1. The minimum Gasteiger partial charge on any atom is -0.495 e. The Balaban J connectivity index is 1.51. The molecule has 28 heavy (non-hydrogen) atoms. The number of anilines is 2. The number of aromatic nitrogens is 3. The van der Waals surface area contributed by atoms with Gasteiger partial charge in [-0.2, -0.15) is 4.98 Å². The highest BCUT2D eigenvalue weighted by molar-refractivity contribution is 6.32. The van der Waals surface area contributed by atoms with Crippen LogP contribution in [-0.2, 0) is 4.79 Å². The largest absolute Gasteiger partial charge is 0.495 e. The highest BCUT2D eigenvalue weighted by Crippen LogP contribution is 2.31. The van der Waals surface area contributed by atoms with Crippen LogP contribution < -0.4 is 15.0 Å². The van der Waals surface area contributed by atoms with Crippen LogP contribution in [0.5, 0.6) is 5.75 Å². The summed E-state index contributed by atoms with van der Waals surface area (Å²) in [4.78, 5) is 23.5. The van der Waals surface area contributed by atoms with Gasteiger partial charge in [0.15, 0.2) is 0 Å². The van der Waals surface area contributed by atoms with Gasteiger partial charge in [0.1, 0.15) is 23.3 Å². The Morgan fingerprint density at radius 1 is 1.39 bits per heavy atom. The fourth-order valence-corrected chi connectivity index (χ4v) is 3.77. The Kier molecular flexibility index (Phi) is 5.04. The summed E-state index contributed by atoms with van der Waals surface area (Å²) in [5.41, 5.74) is 1.85. The highest BCUT2D eigenvalue weighted by atomic mass is 35.5. The van der Waals surface area contributed by atoms with Gasteiger partial charge in [0.05, 0.1) is 23.7 Å². The Morgan fingerprint density at radius 3 is 3.04 bits per heavy atom. The summed E-state index contributed by atoms with van der Waals surface area (Å²) in [6.07, 6.45) is 3.16. The van der Waals surface area contributed by atoms with Crippen LogP contribution in [0, 0.1) is 12.8 Å². The molecule has 1 aromatic carbocycles. The van der Waals surface area contributed by atoms with Crippen molar-refractivity contribution < 1.29 is 14.1 Å². The predicted molar refractivity (Wildman–Crippen MR) is 106 cm³/mol. The summed E-state index contributed by atoms with van der Waals surface area (Å²) in [7, 11) is 1.55. The molecule has 1 atom stereocenters. The van der Waals surface area contributed by atoms with Gasteiger partial charge in [-0.05, 0) is 38.0 Å². The zero-order valence-electron chi connectivity index (χ0n) is 15.6. The van der Waals surface area contributed by atoms with Crippen LogP contribution in [0.15, 0.2) is 29.0 Å². The van der Waals surface area contributed by atoms with E-state index in [-0.39, 0.29) is 11.8 Å². The Morgan fingerprint density at radius 2 is 2.25 bits per heavy atom. The number of hydrogen-bond donors (Lipinski definition) is 1. The second kappa shape index (κ2) is 7.63. The molecule has 4 rings (SSSR count). The van der Waals surface area contributed by atoms with E-state index in [0.717, 1.165) is 36.3 Å². The van der Waals surface area contributed by atoms with Gasteiger partial charge in [-0.3, -0.25) is 4.79 Å². The smallest absolute Gasteiger partial charge is 0.263 e. The topological polar surface area (TPSA) is 93.4 Å². The lowest BCUT2D eigenvalue weighted by molar-refractivity contribution is -0.120. The molecule has 9 heteroatoms. The van der Waals surface area contributed by atoms with Gasteiger partial charge in [-0.25, -0.2) is 4.98 Å². The van der Waals surface area contributed by atoms with Crippen molar-refractivity contribution in [3.05, 3.63) is 35.2 Å². The van der Waals surface area contributed by atoms with E-state index < -0.39 is 0 Å². The number of rotatable bonds is 4. The molecule has 1 aliphatic heterocycles. The van der Waals surface area contributed by atoms with E-state index in [4.69, 9.17) is 20.9 Å². The van der Waals surface area contributed by atoms with Crippen molar-refractivity contribution in [3.8, 4) is 5.75 Å². The first-order valence-corrected chi connectivity index (χ1v) is 9.41. The molecule has 1 N–H and O–H groups in total. The average Bonchev–Trinajstić information content (AvgIpc) is 3.09. The van der Waals surface area contributed by atoms with E-state index >= 15 is 0 Å². The van der Waals surface area contributed by atoms with Gasteiger partial charge >= 0.3 is 0 Å². The van der Waals surface area contributed by atoms with Crippen molar-refractivity contribution in [1.29, 1.82) is 0 Å². The number of nitrogens with zero attached hydrogens (tertiary/aromatic N) is 4. The van der Waals surface area contributed by atoms with Crippen LogP contribution in [0.3, 0.4) is 0 Å². The molecule has 3 aromatic rings. The number of benzene rings is 1. The molecule has 146 valence electrons. The van der Waals surface area contributed by atoms with Crippen LogP contribution >= 0.6 is 11.6 Å². The fourth-order valence-electron chi connectivity index (χ4n) is 3.52. The summed E-state index contributed by atoms with van der Waals surface area (Å²) in [5, 5.41) is 8.18. The van der Waals surface area contributed by atoms with E-state index in [1.165, 1.54) is 6.33 Å². The Bertz CT molecular complexity index is 1020. The number of carbonyl (C=O) groups is 1. The lowest BCUT2D eigenvalue weighted by Crippen LogP contribution is -2.41. The number of halogens is 1. The van der Waals surface area contributed by atoms with Crippen molar-refractivity contribution in [3.63, 3.8) is 0 Å². The standard InChI is InChI=1S/C19H20ClN5O3/c1-11-16-17(21-10-22-19(16)28-24-11)25-7-3-4-12(9-25)18(26)23-13-5-6-15(27-2)14(20)8-13/h5-6,8,10,12H,3-4,7,9H2,1-2H3,(H,23,26). The molecule has 1 amide bonds. The summed E-state index contributed by atoms with van der Waals surface area (Å²) < 4.78 is 10.4. The maximum atomic E-state index is 12.8. The van der Waals surface area contributed by atoms with E-state index in [9.17, 15) is 4.79 Å². The highest BCUT2D eigenvalue weighted by Gasteiger charge is 2.28. The van der Waals surface area contributed by atoms with E-state index in [1.54, 1.807) is 25.3 Å². The van der Waals surface area contributed by atoms with Gasteiger partial charge in [-0.15, -0.1) is 0 Å². The Labute approximate surface area is 166 Å². The minimum atomic E-state index is -0.167. The van der Waals surface area contributed by atoms with Crippen molar-refractivity contribution in [2.24, 2.45) is 5.92 Å². The molecule has 2 aromatic heterocycles. The number of carbonyl (C=O) groups excluding carboxylic acids is 1. The van der Waals surface area contributed by atoms with Crippen LogP contribution in [0.25, 0.3) is 11.1 Å². The lowest BCUT2D eigenvalue weighted by atomic mass is 9.96. The van der Waals surface area contributed by atoms with Crippen LogP contribution in [0.2, 0.25) is 5.02 Å².